The van der Waals surface area contributed by atoms with Crippen LogP contribution in [0.25, 0.3) is 0 Å². The number of benzene rings is 1. The van der Waals surface area contributed by atoms with E-state index in [2.05, 4.69) is 11.4 Å². The van der Waals surface area contributed by atoms with E-state index in [0.29, 0.717) is 12.5 Å². The van der Waals surface area contributed by atoms with Gasteiger partial charge in [0.05, 0.1) is 0 Å². The summed E-state index contributed by atoms with van der Waals surface area (Å²) in [6.07, 6.45) is 2.51. The number of nitrogens with one attached hydrogen (secondary N) is 1. The molecule has 1 aliphatic rings. The molecule has 98 valence electrons. The number of hydrogen-bond donors (Lipinski definition) is 1. The lowest BCUT2D eigenvalue weighted by Gasteiger charge is -2.17. The van der Waals surface area contributed by atoms with Crippen LogP contribution in [0.5, 0.6) is 5.75 Å². The Morgan fingerprint density at radius 1 is 1.33 bits per heavy atom. The summed E-state index contributed by atoms with van der Waals surface area (Å²) in [5.41, 5.74) is 2.31. The predicted octanol–water partition coefficient (Wildman–Crippen LogP) is 2.74. The normalized spacial score (nSPS) is 16.2. The molecular weight excluding hydrogens is 226 g/mol. The van der Waals surface area contributed by atoms with Crippen LogP contribution in [0, 0.1) is 13.8 Å². The van der Waals surface area contributed by atoms with E-state index in [-0.39, 0.29) is 12.0 Å². The molecule has 1 aliphatic carbocycles. The second-order valence-electron chi connectivity index (χ2n) is 5.12. The molecule has 1 N–H and O–H groups in total. The average molecular weight is 247 g/mol. The first-order chi connectivity index (χ1) is 8.58. The number of ether oxygens (including phenoxy) is 1. The third-order valence-corrected chi connectivity index (χ3v) is 3.06. The molecule has 1 aromatic carbocycles. The van der Waals surface area contributed by atoms with E-state index in [4.69, 9.17) is 4.74 Å². The molecule has 0 spiro atoms. The summed E-state index contributed by atoms with van der Waals surface area (Å²) >= 11 is 0. The summed E-state index contributed by atoms with van der Waals surface area (Å²) in [7, 11) is 0. The number of aryl methyl sites for hydroxylation is 2. The molecule has 2 rings (SSSR count). The van der Waals surface area contributed by atoms with Crippen molar-refractivity contribution in [1.29, 1.82) is 0 Å². The molecule has 0 bridgehead atoms. The van der Waals surface area contributed by atoms with Gasteiger partial charge in [0.25, 0.3) is 5.91 Å². The number of carbonyl (C=O) groups excluding carboxylic acids is 1. The lowest BCUT2D eigenvalue weighted by atomic mass is 10.1. The summed E-state index contributed by atoms with van der Waals surface area (Å²) in [5.74, 6) is 0.796. The Balaban J connectivity index is 2.01. The Labute approximate surface area is 109 Å². The highest BCUT2D eigenvalue weighted by Crippen LogP contribution is 2.21. The van der Waals surface area contributed by atoms with E-state index < -0.39 is 0 Å². The fourth-order valence-electron chi connectivity index (χ4n) is 2.01. The Hall–Kier alpha value is -1.51. The van der Waals surface area contributed by atoms with Crippen molar-refractivity contribution < 1.29 is 9.53 Å². The van der Waals surface area contributed by atoms with Crippen LogP contribution in [0.3, 0.4) is 0 Å². The van der Waals surface area contributed by atoms with Crippen LogP contribution in [-0.4, -0.2) is 18.1 Å². The van der Waals surface area contributed by atoms with E-state index in [1.54, 1.807) is 0 Å². The van der Waals surface area contributed by atoms with E-state index in [1.807, 2.05) is 32.9 Å². The van der Waals surface area contributed by atoms with E-state index in [9.17, 15) is 4.79 Å². The van der Waals surface area contributed by atoms with Crippen LogP contribution in [0.2, 0.25) is 0 Å². The molecule has 3 nitrogen and oxygen atoms in total. The van der Waals surface area contributed by atoms with Crippen molar-refractivity contribution in [2.24, 2.45) is 0 Å². The Morgan fingerprint density at radius 3 is 2.44 bits per heavy atom. The minimum atomic E-state index is -0.383. The third kappa shape index (κ3) is 3.49. The highest BCUT2D eigenvalue weighted by Gasteiger charge is 2.27. The summed E-state index contributed by atoms with van der Waals surface area (Å²) in [5, 5.41) is 2.99. The molecule has 0 aromatic heterocycles. The number of rotatable bonds is 5. The molecule has 18 heavy (non-hydrogen) atoms. The van der Waals surface area contributed by atoms with Crippen molar-refractivity contribution in [3.63, 3.8) is 0 Å². The maximum Gasteiger partial charge on any atom is 0.261 e. The van der Waals surface area contributed by atoms with Crippen molar-refractivity contribution in [2.75, 3.05) is 0 Å². The van der Waals surface area contributed by atoms with E-state index in [0.717, 1.165) is 29.7 Å². The molecule has 1 fully saturated rings. The largest absolute Gasteiger partial charge is 0.481 e. The van der Waals surface area contributed by atoms with Crippen molar-refractivity contribution in [2.45, 2.75) is 52.2 Å². The molecule has 3 heteroatoms. The van der Waals surface area contributed by atoms with Crippen LogP contribution in [-0.2, 0) is 4.79 Å². The van der Waals surface area contributed by atoms with Gasteiger partial charge in [-0.2, -0.15) is 0 Å². The zero-order valence-corrected chi connectivity index (χ0v) is 11.3. The van der Waals surface area contributed by atoms with Gasteiger partial charge in [-0.3, -0.25) is 4.79 Å². The number of hydrogen-bond acceptors (Lipinski definition) is 2. The summed E-state index contributed by atoms with van der Waals surface area (Å²) in [6, 6.07) is 6.42. The van der Waals surface area contributed by atoms with Crippen molar-refractivity contribution in [3.05, 3.63) is 29.3 Å². The first-order valence-electron chi connectivity index (χ1n) is 6.64. The van der Waals surface area contributed by atoms with Gasteiger partial charge in [0.15, 0.2) is 6.10 Å². The molecular formula is C15H21NO2. The highest BCUT2D eigenvalue weighted by atomic mass is 16.5. The van der Waals surface area contributed by atoms with Gasteiger partial charge in [-0.1, -0.05) is 13.0 Å². The SMILES string of the molecule is CCC(Oc1cc(C)cc(C)c1)C(=O)NC1CC1. The van der Waals surface area contributed by atoms with E-state index >= 15 is 0 Å². The maximum absolute atomic E-state index is 12.0. The quantitative estimate of drug-likeness (QED) is 0.868. The van der Waals surface area contributed by atoms with Gasteiger partial charge in [0.2, 0.25) is 0 Å². The minimum absolute atomic E-state index is 0.0131. The lowest BCUT2D eigenvalue weighted by molar-refractivity contribution is -0.128. The topological polar surface area (TPSA) is 38.3 Å². The second kappa shape index (κ2) is 5.42. The van der Waals surface area contributed by atoms with Gasteiger partial charge in [-0.05, 0) is 56.4 Å². The van der Waals surface area contributed by atoms with Crippen LogP contribution in [0.15, 0.2) is 18.2 Å². The van der Waals surface area contributed by atoms with Gasteiger partial charge in [0, 0.05) is 6.04 Å². The van der Waals surface area contributed by atoms with Crippen LogP contribution in [0.4, 0.5) is 0 Å². The highest BCUT2D eigenvalue weighted by molar-refractivity contribution is 5.81. The molecule has 1 atom stereocenters. The molecule has 1 saturated carbocycles. The van der Waals surface area contributed by atoms with Crippen LogP contribution in [0.1, 0.15) is 37.3 Å². The molecule has 0 aliphatic heterocycles. The second-order valence-corrected chi connectivity index (χ2v) is 5.12. The summed E-state index contributed by atoms with van der Waals surface area (Å²) in [4.78, 5) is 12.0. The van der Waals surface area contributed by atoms with Crippen molar-refractivity contribution >= 4 is 5.91 Å². The number of carbonyl (C=O) groups is 1. The molecule has 0 heterocycles. The van der Waals surface area contributed by atoms with Gasteiger partial charge in [0.1, 0.15) is 5.75 Å². The van der Waals surface area contributed by atoms with Gasteiger partial charge >= 0.3 is 0 Å². The number of amides is 1. The minimum Gasteiger partial charge on any atom is -0.481 e. The standard InChI is InChI=1S/C15H21NO2/c1-4-14(15(17)16-12-5-6-12)18-13-8-10(2)7-11(3)9-13/h7-9,12,14H,4-6H2,1-3H3,(H,16,17). The Kier molecular flexibility index (Phi) is 3.90. The Bertz CT molecular complexity index is 418. The van der Waals surface area contributed by atoms with Crippen molar-refractivity contribution in [3.8, 4) is 5.75 Å². The average Bonchev–Trinajstić information content (AvgIpc) is 3.08. The van der Waals surface area contributed by atoms with Gasteiger partial charge < -0.3 is 10.1 Å². The van der Waals surface area contributed by atoms with Crippen LogP contribution < -0.4 is 10.1 Å². The smallest absolute Gasteiger partial charge is 0.261 e. The first-order valence-corrected chi connectivity index (χ1v) is 6.64. The molecule has 1 unspecified atom stereocenters. The molecule has 1 aromatic rings. The molecule has 1 amide bonds. The maximum atomic E-state index is 12.0. The lowest BCUT2D eigenvalue weighted by Crippen LogP contribution is -2.39. The molecule has 0 saturated heterocycles. The van der Waals surface area contributed by atoms with Gasteiger partial charge in [-0.25, -0.2) is 0 Å². The summed E-state index contributed by atoms with van der Waals surface area (Å²) in [6.45, 7) is 6.04. The first kappa shape index (κ1) is 12.9. The fraction of sp³-hybridized carbons (Fsp3) is 0.533. The zero-order valence-electron chi connectivity index (χ0n) is 11.3. The van der Waals surface area contributed by atoms with Crippen LogP contribution >= 0.6 is 0 Å². The summed E-state index contributed by atoms with van der Waals surface area (Å²) < 4.78 is 5.80. The monoisotopic (exact) mass is 247 g/mol. The van der Waals surface area contributed by atoms with E-state index in [1.165, 1.54) is 0 Å². The third-order valence-electron chi connectivity index (χ3n) is 3.06. The van der Waals surface area contributed by atoms with Crippen molar-refractivity contribution in [1.82, 2.24) is 5.32 Å². The Morgan fingerprint density at radius 2 is 1.94 bits per heavy atom. The fourth-order valence-corrected chi connectivity index (χ4v) is 2.01. The zero-order chi connectivity index (χ0) is 13.1. The molecule has 0 radical (unpaired) electrons. The predicted molar refractivity (Wildman–Crippen MR) is 71.8 cm³/mol. The van der Waals surface area contributed by atoms with Gasteiger partial charge in [-0.15, -0.1) is 0 Å².